The fourth-order valence-corrected chi connectivity index (χ4v) is 2.92. The van der Waals surface area contributed by atoms with Gasteiger partial charge in [0.15, 0.2) is 0 Å². The maximum Gasteiger partial charge on any atom is 0.227 e. The zero-order valence-electron chi connectivity index (χ0n) is 15.8. The molecule has 28 heavy (non-hydrogen) atoms. The predicted molar refractivity (Wildman–Crippen MR) is 110 cm³/mol. The highest BCUT2D eigenvalue weighted by atomic mass is 16.5. The molecule has 6 nitrogen and oxygen atoms in total. The van der Waals surface area contributed by atoms with Crippen molar-refractivity contribution in [2.24, 2.45) is 0 Å². The third kappa shape index (κ3) is 3.86. The lowest BCUT2D eigenvalue weighted by molar-refractivity contribution is 0.340. The van der Waals surface area contributed by atoms with Crippen LogP contribution in [0.4, 0.5) is 11.6 Å². The first-order valence-electron chi connectivity index (χ1n) is 9.18. The van der Waals surface area contributed by atoms with Crippen molar-refractivity contribution in [3.63, 3.8) is 0 Å². The highest BCUT2D eigenvalue weighted by molar-refractivity contribution is 5.64. The molecule has 0 aliphatic heterocycles. The Bertz CT molecular complexity index is 1060. The van der Waals surface area contributed by atoms with Crippen molar-refractivity contribution in [3.8, 4) is 22.7 Å². The molecule has 0 aliphatic rings. The number of aromatic nitrogens is 4. The van der Waals surface area contributed by atoms with E-state index in [1.807, 2.05) is 85.4 Å². The molecule has 2 aromatic carbocycles. The topological polar surface area (TPSA) is 64.9 Å². The Labute approximate surface area is 163 Å². The Balaban J connectivity index is 1.58. The van der Waals surface area contributed by atoms with Crippen LogP contribution >= 0.6 is 0 Å². The first kappa shape index (κ1) is 17.7. The number of hydrogen-bond donors (Lipinski definition) is 1. The Morgan fingerprint density at radius 2 is 1.79 bits per heavy atom. The Kier molecular flexibility index (Phi) is 5.01. The number of hydrogen-bond acceptors (Lipinski definition) is 5. The molecule has 4 aromatic rings. The summed E-state index contributed by atoms with van der Waals surface area (Å²) in [6.07, 6.45) is 3.74. The van der Waals surface area contributed by atoms with Gasteiger partial charge in [-0.3, -0.25) is 0 Å². The van der Waals surface area contributed by atoms with E-state index in [-0.39, 0.29) is 0 Å². The van der Waals surface area contributed by atoms with Crippen LogP contribution in [0.2, 0.25) is 0 Å². The molecule has 140 valence electrons. The average molecular weight is 371 g/mol. The lowest BCUT2D eigenvalue weighted by Crippen LogP contribution is -1.98. The molecule has 0 radical (unpaired) electrons. The molecule has 2 heterocycles. The third-order valence-corrected chi connectivity index (χ3v) is 4.27. The summed E-state index contributed by atoms with van der Waals surface area (Å²) in [5.74, 6) is 1.38. The van der Waals surface area contributed by atoms with Gasteiger partial charge in [0.05, 0.1) is 23.7 Å². The van der Waals surface area contributed by atoms with Gasteiger partial charge >= 0.3 is 0 Å². The van der Waals surface area contributed by atoms with Gasteiger partial charge < -0.3 is 10.1 Å². The van der Waals surface area contributed by atoms with E-state index in [1.165, 1.54) is 0 Å². The number of benzene rings is 2. The van der Waals surface area contributed by atoms with Crippen molar-refractivity contribution < 1.29 is 4.74 Å². The SMILES string of the molecule is CCOc1ccc(Nc2nccc(-c3cn(-c4ccccc4)nc3C)n2)cc1. The number of para-hydroxylation sites is 1. The van der Waals surface area contributed by atoms with Gasteiger partial charge in [-0.25, -0.2) is 14.6 Å². The molecule has 0 spiro atoms. The van der Waals surface area contributed by atoms with Crippen LogP contribution in [0.25, 0.3) is 16.9 Å². The van der Waals surface area contributed by atoms with E-state index < -0.39 is 0 Å². The van der Waals surface area contributed by atoms with Crippen LogP contribution in [0.5, 0.6) is 5.75 Å². The summed E-state index contributed by atoms with van der Waals surface area (Å²) >= 11 is 0. The standard InChI is InChI=1S/C22H21N5O/c1-3-28-19-11-9-17(10-12-19)24-22-23-14-13-21(25-22)20-15-27(26-16(20)2)18-7-5-4-6-8-18/h4-15H,3H2,1-2H3,(H,23,24,25). The summed E-state index contributed by atoms with van der Waals surface area (Å²) in [5.41, 5.74) is 4.62. The van der Waals surface area contributed by atoms with Gasteiger partial charge in [-0.15, -0.1) is 0 Å². The van der Waals surface area contributed by atoms with Gasteiger partial charge in [-0.05, 0) is 56.3 Å². The Morgan fingerprint density at radius 3 is 2.54 bits per heavy atom. The van der Waals surface area contributed by atoms with Gasteiger partial charge in [0, 0.05) is 23.6 Å². The number of nitrogens with one attached hydrogen (secondary N) is 1. The number of nitrogens with zero attached hydrogens (tertiary/aromatic N) is 4. The highest BCUT2D eigenvalue weighted by Crippen LogP contribution is 2.24. The van der Waals surface area contributed by atoms with Gasteiger partial charge in [-0.2, -0.15) is 5.10 Å². The third-order valence-electron chi connectivity index (χ3n) is 4.27. The van der Waals surface area contributed by atoms with Crippen molar-refractivity contribution >= 4 is 11.6 Å². The molecule has 2 aromatic heterocycles. The second kappa shape index (κ2) is 7.92. The Morgan fingerprint density at radius 1 is 1.00 bits per heavy atom. The predicted octanol–water partition coefficient (Wildman–Crippen LogP) is 4.78. The molecule has 0 aliphatic carbocycles. The summed E-state index contributed by atoms with van der Waals surface area (Å²) in [4.78, 5) is 8.99. The fourth-order valence-electron chi connectivity index (χ4n) is 2.92. The second-order valence-corrected chi connectivity index (χ2v) is 6.26. The van der Waals surface area contributed by atoms with Crippen molar-refractivity contribution in [1.29, 1.82) is 0 Å². The first-order valence-corrected chi connectivity index (χ1v) is 9.18. The molecule has 0 unspecified atom stereocenters. The Hall–Kier alpha value is -3.67. The molecular formula is C22H21N5O. The minimum Gasteiger partial charge on any atom is -0.494 e. The largest absolute Gasteiger partial charge is 0.494 e. The molecule has 6 heteroatoms. The molecule has 0 atom stereocenters. The summed E-state index contributed by atoms with van der Waals surface area (Å²) in [5, 5.41) is 7.86. The van der Waals surface area contributed by atoms with Crippen LogP contribution in [0, 0.1) is 6.92 Å². The monoisotopic (exact) mass is 371 g/mol. The lowest BCUT2D eigenvalue weighted by atomic mass is 10.2. The maximum atomic E-state index is 5.47. The minimum atomic E-state index is 0.536. The van der Waals surface area contributed by atoms with E-state index in [2.05, 4.69) is 20.4 Å². The first-order chi connectivity index (χ1) is 13.7. The summed E-state index contributed by atoms with van der Waals surface area (Å²) in [7, 11) is 0. The maximum absolute atomic E-state index is 5.47. The highest BCUT2D eigenvalue weighted by Gasteiger charge is 2.11. The summed E-state index contributed by atoms with van der Waals surface area (Å²) in [6.45, 7) is 4.60. The smallest absolute Gasteiger partial charge is 0.227 e. The van der Waals surface area contributed by atoms with Crippen LogP contribution in [-0.4, -0.2) is 26.4 Å². The quantitative estimate of drug-likeness (QED) is 0.528. The zero-order chi connectivity index (χ0) is 19.3. The lowest BCUT2D eigenvalue weighted by Gasteiger charge is -2.07. The number of rotatable bonds is 6. The van der Waals surface area contributed by atoms with Crippen LogP contribution in [0.1, 0.15) is 12.6 Å². The van der Waals surface area contributed by atoms with E-state index in [0.29, 0.717) is 12.6 Å². The van der Waals surface area contributed by atoms with E-state index in [1.54, 1.807) is 6.20 Å². The fraction of sp³-hybridized carbons (Fsp3) is 0.136. The van der Waals surface area contributed by atoms with Gasteiger partial charge in [0.2, 0.25) is 5.95 Å². The van der Waals surface area contributed by atoms with Crippen molar-refractivity contribution in [2.45, 2.75) is 13.8 Å². The normalized spacial score (nSPS) is 10.6. The molecule has 0 saturated heterocycles. The van der Waals surface area contributed by atoms with Gasteiger partial charge in [-0.1, -0.05) is 18.2 Å². The minimum absolute atomic E-state index is 0.536. The molecule has 0 saturated carbocycles. The van der Waals surface area contributed by atoms with Crippen molar-refractivity contribution in [2.75, 3.05) is 11.9 Å². The summed E-state index contributed by atoms with van der Waals surface area (Å²) < 4.78 is 7.34. The van der Waals surface area contributed by atoms with E-state index >= 15 is 0 Å². The number of anilines is 2. The molecule has 4 rings (SSSR count). The molecule has 0 amide bonds. The molecule has 1 N–H and O–H groups in total. The summed E-state index contributed by atoms with van der Waals surface area (Å²) in [6, 6.07) is 19.6. The zero-order valence-corrected chi connectivity index (χ0v) is 15.8. The number of aryl methyl sites for hydroxylation is 1. The van der Waals surface area contributed by atoms with Crippen LogP contribution in [0.3, 0.4) is 0 Å². The van der Waals surface area contributed by atoms with Crippen molar-refractivity contribution in [1.82, 2.24) is 19.7 Å². The van der Waals surface area contributed by atoms with Gasteiger partial charge in [0.25, 0.3) is 0 Å². The molecular weight excluding hydrogens is 350 g/mol. The van der Waals surface area contributed by atoms with E-state index in [0.717, 1.165) is 34.1 Å². The van der Waals surface area contributed by atoms with E-state index in [9.17, 15) is 0 Å². The van der Waals surface area contributed by atoms with Gasteiger partial charge in [0.1, 0.15) is 5.75 Å². The molecule has 0 fully saturated rings. The average Bonchev–Trinajstić information content (AvgIpc) is 3.12. The molecule has 0 bridgehead atoms. The van der Waals surface area contributed by atoms with Crippen LogP contribution in [0.15, 0.2) is 73.1 Å². The van der Waals surface area contributed by atoms with Crippen LogP contribution < -0.4 is 10.1 Å². The van der Waals surface area contributed by atoms with Crippen LogP contribution in [-0.2, 0) is 0 Å². The van der Waals surface area contributed by atoms with E-state index in [4.69, 9.17) is 4.74 Å². The van der Waals surface area contributed by atoms with Crippen molar-refractivity contribution in [3.05, 3.63) is 78.8 Å². The number of ether oxygens (including phenoxy) is 1. The second-order valence-electron chi connectivity index (χ2n) is 6.26.